The molecule has 0 bridgehead atoms. The maximum atomic E-state index is 11.9. The lowest BCUT2D eigenvalue weighted by Gasteiger charge is -2.11. The summed E-state index contributed by atoms with van der Waals surface area (Å²) in [4.78, 5) is 11.9. The molecule has 0 saturated carbocycles. The normalized spacial score (nSPS) is 10.8. The second-order valence-electron chi connectivity index (χ2n) is 5.87. The molecular formula is C21H25BrN2O3S. The Bertz CT molecular complexity index is 799. The highest BCUT2D eigenvalue weighted by Gasteiger charge is 2.06. The van der Waals surface area contributed by atoms with Crippen LogP contribution >= 0.6 is 27.7 Å². The van der Waals surface area contributed by atoms with Crippen molar-refractivity contribution >= 4 is 39.8 Å². The third kappa shape index (κ3) is 7.56. The molecule has 0 aliphatic heterocycles. The number of hydrogen-bond donors (Lipinski definition) is 1. The molecule has 28 heavy (non-hydrogen) atoms. The van der Waals surface area contributed by atoms with Crippen LogP contribution in [0.1, 0.15) is 31.4 Å². The van der Waals surface area contributed by atoms with E-state index in [9.17, 15) is 4.79 Å². The van der Waals surface area contributed by atoms with Crippen LogP contribution in [0.2, 0.25) is 0 Å². The third-order valence-electron chi connectivity index (χ3n) is 3.58. The van der Waals surface area contributed by atoms with Gasteiger partial charge in [0.25, 0.3) is 0 Å². The Hall–Kier alpha value is -1.99. The van der Waals surface area contributed by atoms with Gasteiger partial charge in [-0.05, 0) is 48.7 Å². The highest BCUT2D eigenvalue weighted by Crippen LogP contribution is 2.28. The fourth-order valence-electron chi connectivity index (χ4n) is 2.28. The van der Waals surface area contributed by atoms with Crippen LogP contribution in [0.4, 0.5) is 0 Å². The Morgan fingerprint density at radius 3 is 2.75 bits per heavy atom. The Morgan fingerprint density at radius 2 is 2.00 bits per heavy atom. The molecule has 0 spiro atoms. The SMILES string of the molecule is CCCOc1ccc(/C=N\NC(=O)CSCc2ccccc2Br)cc1OCC. The minimum Gasteiger partial charge on any atom is -0.490 e. The predicted octanol–water partition coefficient (Wildman–Crippen LogP) is 5.02. The zero-order valence-corrected chi connectivity index (χ0v) is 18.5. The molecule has 0 saturated heterocycles. The fraction of sp³-hybridized carbons (Fsp3) is 0.333. The molecule has 0 aliphatic rings. The standard InChI is InChI=1S/C21H25BrN2O3S/c1-3-11-27-19-10-9-16(12-20(19)26-4-2)13-23-24-21(25)15-28-14-17-7-5-6-8-18(17)22/h5-10,12-13H,3-4,11,14-15H2,1-2H3,(H,24,25)/b23-13-. The van der Waals surface area contributed by atoms with Crippen molar-refractivity contribution in [3.8, 4) is 11.5 Å². The average Bonchev–Trinajstić information content (AvgIpc) is 2.69. The van der Waals surface area contributed by atoms with Gasteiger partial charge in [0.2, 0.25) is 5.91 Å². The minimum absolute atomic E-state index is 0.138. The molecule has 1 N–H and O–H groups in total. The Kier molecular flexibility index (Phi) is 9.93. The summed E-state index contributed by atoms with van der Waals surface area (Å²) in [6.07, 6.45) is 2.53. The van der Waals surface area contributed by atoms with Gasteiger partial charge in [-0.15, -0.1) is 11.8 Å². The topological polar surface area (TPSA) is 59.9 Å². The summed E-state index contributed by atoms with van der Waals surface area (Å²) in [5.41, 5.74) is 4.55. The number of rotatable bonds is 11. The van der Waals surface area contributed by atoms with Crippen molar-refractivity contribution in [2.45, 2.75) is 26.0 Å². The van der Waals surface area contributed by atoms with Crippen molar-refractivity contribution in [1.29, 1.82) is 0 Å². The smallest absolute Gasteiger partial charge is 0.250 e. The fourth-order valence-corrected chi connectivity index (χ4v) is 3.72. The van der Waals surface area contributed by atoms with Gasteiger partial charge in [0.15, 0.2) is 11.5 Å². The molecule has 5 nitrogen and oxygen atoms in total. The quantitative estimate of drug-likeness (QED) is 0.374. The largest absolute Gasteiger partial charge is 0.490 e. The number of thioether (sulfide) groups is 1. The highest BCUT2D eigenvalue weighted by molar-refractivity contribution is 9.10. The Labute approximate surface area is 179 Å². The number of carbonyl (C=O) groups is 1. The number of nitrogens with one attached hydrogen (secondary N) is 1. The number of carbonyl (C=O) groups excluding carboxylic acids is 1. The van der Waals surface area contributed by atoms with Crippen LogP contribution in [0, 0.1) is 0 Å². The molecule has 0 atom stereocenters. The van der Waals surface area contributed by atoms with Crippen molar-refractivity contribution < 1.29 is 14.3 Å². The maximum absolute atomic E-state index is 11.9. The number of nitrogens with zero attached hydrogens (tertiary/aromatic N) is 1. The summed E-state index contributed by atoms with van der Waals surface area (Å²) in [5.74, 6) is 2.35. The van der Waals surface area contributed by atoms with Crippen LogP contribution in [-0.4, -0.2) is 31.1 Å². The van der Waals surface area contributed by atoms with E-state index in [4.69, 9.17) is 9.47 Å². The van der Waals surface area contributed by atoms with Crippen molar-refractivity contribution in [2.24, 2.45) is 5.10 Å². The molecule has 2 aromatic carbocycles. The summed E-state index contributed by atoms with van der Waals surface area (Å²) >= 11 is 5.05. The number of halogens is 1. The third-order valence-corrected chi connectivity index (χ3v) is 5.34. The Morgan fingerprint density at radius 1 is 1.18 bits per heavy atom. The summed E-state index contributed by atoms with van der Waals surface area (Å²) in [7, 11) is 0. The zero-order chi connectivity index (χ0) is 20.2. The zero-order valence-electron chi connectivity index (χ0n) is 16.1. The lowest BCUT2D eigenvalue weighted by Crippen LogP contribution is -2.19. The first-order chi connectivity index (χ1) is 13.6. The first-order valence-corrected chi connectivity index (χ1v) is 11.1. The monoisotopic (exact) mass is 464 g/mol. The van der Waals surface area contributed by atoms with Gasteiger partial charge in [0, 0.05) is 10.2 Å². The van der Waals surface area contributed by atoms with E-state index < -0.39 is 0 Å². The summed E-state index contributed by atoms with van der Waals surface area (Å²) < 4.78 is 12.4. The van der Waals surface area contributed by atoms with Crippen LogP contribution in [-0.2, 0) is 10.5 Å². The van der Waals surface area contributed by atoms with Crippen LogP contribution in [0.15, 0.2) is 52.0 Å². The van der Waals surface area contributed by atoms with Crippen LogP contribution < -0.4 is 14.9 Å². The van der Waals surface area contributed by atoms with Crippen molar-refractivity contribution in [1.82, 2.24) is 5.43 Å². The molecular weight excluding hydrogens is 440 g/mol. The highest BCUT2D eigenvalue weighted by atomic mass is 79.9. The number of hydrazone groups is 1. The molecule has 150 valence electrons. The van der Waals surface area contributed by atoms with Crippen molar-refractivity contribution in [3.05, 3.63) is 58.1 Å². The van der Waals surface area contributed by atoms with Gasteiger partial charge >= 0.3 is 0 Å². The van der Waals surface area contributed by atoms with E-state index in [1.54, 1.807) is 18.0 Å². The van der Waals surface area contributed by atoms with Gasteiger partial charge in [-0.1, -0.05) is 41.1 Å². The van der Waals surface area contributed by atoms with E-state index >= 15 is 0 Å². The minimum atomic E-state index is -0.138. The molecule has 0 radical (unpaired) electrons. The van der Waals surface area contributed by atoms with Crippen LogP contribution in [0.25, 0.3) is 0 Å². The molecule has 7 heteroatoms. The number of hydrogen-bond acceptors (Lipinski definition) is 5. The van der Waals surface area contributed by atoms with Crippen LogP contribution in [0.5, 0.6) is 11.5 Å². The van der Waals surface area contributed by atoms with Gasteiger partial charge < -0.3 is 9.47 Å². The first-order valence-electron chi connectivity index (χ1n) is 9.16. The molecule has 0 unspecified atom stereocenters. The molecule has 0 aliphatic carbocycles. The molecule has 2 aromatic rings. The number of ether oxygens (including phenoxy) is 2. The van der Waals surface area contributed by atoms with Gasteiger partial charge in [-0.3, -0.25) is 4.79 Å². The molecule has 0 aromatic heterocycles. The summed E-state index contributed by atoms with van der Waals surface area (Å²) in [5, 5.41) is 4.03. The molecule has 0 heterocycles. The first kappa shape index (κ1) is 22.3. The van der Waals surface area contributed by atoms with Gasteiger partial charge in [-0.25, -0.2) is 5.43 Å². The lowest BCUT2D eigenvalue weighted by atomic mass is 10.2. The molecule has 1 amide bonds. The van der Waals surface area contributed by atoms with E-state index in [0.717, 1.165) is 27.8 Å². The van der Waals surface area contributed by atoms with Gasteiger partial charge in [0.1, 0.15) is 0 Å². The van der Waals surface area contributed by atoms with Gasteiger partial charge in [-0.2, -0.15) is 5.10 Å². The van der Waals surface area contributed by atoms with E-state index in [2.05, 4.69) is 33.4 Å². The van der Waals surface area contributed by atoms with E-state index in [1.807, 2.05) is 49.4 Å². The summed E-state index contributed by atoms with van der Waals surface area (Å²) in [6, 6.07) is 13.6. The van der Waals surface area contributed by atoms with Gasteiger partial charge in [0.05, 0.1) is 25.2 Å². The Balaban J connectivity index is 1.83. The van der Waals surface area contributed by atoms with Crippen molar-refractivity contribution in [2.75, 3.05) is 19.0 Å². The molecule has 2 rings (SSSR count). The number of benzene rings is 2. The maximum Gasteiger partial charge on any atom is 0.250 e. The average molecular weight is 465 g/mol. The van der Waals surface area contributed by atoms with E-state index in [0.29, 0.717) is 30.5 Å². The van der Waals surface area contributed by atoms with E-state index in [1.165, 1.54) is 0 Å². The predicted molar refractivity (Wildman–Crippen MR) is 119 cm³/mol. The van der Waals surface area contributed by atoms with Crippen molar-refractivity contribution in [3.63, 3.8) is 0 Å². The van der Waals surface area contributed by atoms with E-state index in [-0.39, 0.29) is 5.91 Å². The lowest BCUT2D eigenvalue weighted by molar-refractivity contribution is -0.118. The summed E-state index contributed by atoms with van der Waals surface area (Å²) in [6.45, 7) is 5.17. The van der Waals surface area contributed by atoms with Crippen LogP contribution in [0.3, 0.4) is 0 Å². The number of amides is 1. The molecule has 0 fully saturated rings. The second-order valence-corrected chi connectivity index (χ2v) is 7.70. The second kappa shape index (κ2) is 12.5.